The lowest BCUT2D eigenvalue weighted by atomic mass is 10.1. The second kappa shape index (κ2) is 15.2. The highest BCUT2D eigenvalue weighted by atomic mass is 32.2. The van der Waals surface area contributed by atoms with Gasteiger partial charge in [-0.3, -0.25) is 4.72 Å². The molecule has 2 heterocycles. The van der Waals surface area contributed by atoms with Crippen LogP contribution in [-0.4, -0.2) is 47.6 Å². The van der Waals surface area contributed by atoms with Gasteiger partial charge in [-0.25, -0.2) is 18.1 Å². The summed E-state index contributed by atoms with van der Waals surface area (Å²) in [5.41, 5.74) is 4.11. The number of anilines is 1. The van der Waals surface area contributed by atoms with E-state index in [0.29, 0.717) is 34.3 Å². The summed E-state index contributed by atoms with van der Waals surface area (Å²) in [7, 11) is -0.932. The maximum absolute atomic E-state index is 12.9. The molecular formula is C38H32N6O6S. The maximum atomic E-state index is 12.9. The van der Waals surface area contributed by atoms with Gasteiger partial charge in [0.1, 0.15) is 17.2 Å². The minimum absolute atomic E-state index is 0.0158. The molecule has 0 unspecified atom stereocenters. The van der Waals surface area contributed by atoms with E-state index in [0.717, 1.165) is 16.8 Å². The Labute approximate surface area is 294 Å². The first kappa shape index (κ1) is 34.1. The number of rotatable bonds is 12. The molecule has 0 spiro atoms. The lowest BCUT2D eigenvalue weighted by Crippen LogP contribution is -2.13. The van der Waals surface area contributed by atoms with E-state index in [4.69, 9.17) is 14.6 Å². The molecule has 6 rings (SSSR count). The number of hydrogen-bond acceptors (Lipinski definition) is 10. The molecule has 0 aliphatic carbocycles. The number of sulfonamides is 1. The van der Waals surface area contributed by atoms with Crippen molar-refractivity contribution in [1.82, 2.24) is 14.8 Å². The highest BCUT2D eigenvalue weighted by Crippen LogP contribution is 2.34. The van der Waals surface area contributed by atoms with E-state index < -0.39 is 10.0 Å². The highest BCUT2D eigenvalue weighted by Gasteiger charge is 2.18. The number of nitrogens with one attached hydrogen (secondary N) is 1. The average Bonchev–Trinajstić information content (AvgIpc) is 3.51. The number of aromatic nitrogens is 3. The molecule has 51 heavy (non-hydrogen) atoms. The SMILES string of the molecule is COc1cc(/C=C/c2nn(-c3ccccc3)c(/C=C/c3ccc(O)c(OC)c3)c2N=Nc2ccc(S(=O)(=O)Nc3ccccn3)cc2)ccc1O. The fourth-order valence-electron chi connectivity index (χ4n) is 4.94. The predicted molar refractivity (Wildman–Crippen MR) is 196 cm³/mol. The van der Waals surface area contributed by atoms with Crippen molar-refractivity contribution in [1.29, 1.82) is 0 Å². The van der Waals surface area contributed by atoms with Crippen molar-refractivity contribution in [3.63, 3.8) is 0 Å². The Hall–Kier alpha value is -6.73. The molecule has 4 aromatic carbocycles. The number of nitrogens with zero attached hydrogens (tertiary/aromatic N) is 5. The summed E-state index contributed by atoms with van der Waals surface area (Å²) in [6.45, 7) is 0. The van der Waals surface area contributed by atoms with Gasteiger partial charge in [0.15, 0.2) is 23.0 Å². The molecule has 12 nitrogen and oxygen atoms in total. The van der Waals surface area contributed by atoms with Crippen LogP contribution < -0.4 is 14.2 Å². The van der Waals surface area contributed by atoms with Crippen LogP contribution in [0, 0.1) is 0 Å². The van der Waals surface area contributed by atoms with Crippen molar-refractivity contribution in [3.05, 3.63) is 138 Å². The van der Waals surface area contributed by atoms with Crippen LogP contribution in [0.2, 0.25) is 0 Å². The first-order chi connectivity index (χ1) is 24.7. The van der Waals surface area contributed by atoms with Gasteiger partial charge >= 0.3 is 0 Å². The molecule has 0 aliphatic rings. The van der Waals surface area contributed by atoms with Gasteiger partial charge in [0, 0.05) is 6.20 Å². The third-order valence-electron chi connectivity index (χ3n) is 7.51. The monoisotopic (exact) mass is 700 g/mol. The van der Waals surface area contributed by atoms with E-state index in [1.807, 2.05) is 48.6 Å². The summed E-state index contributed by atoms with van der Waals surface area (Å²) in [4.78, 5) is 4.06. The minimum Gasteiger partial charge on any atom is -0.504 e. The fraction of sp³-hybridized carbons (Fsp3) is 0.0526. The standard InChI is InChI=1S/C38H32N6O6S/c1-49-35-24-26(13-21-33(35)45)11-19-31-38(41-40-28-15-17-30(18-16-28)51(47,48)43-37-10-6-7-23-39-37)32(44(42-31)29-8-4-3-5-9-29)20-12-27-14-22-34(46)36(25-27)50-2/h3-25,45-46H,1-2H3,(H,39,43)/b19-11+,20-12+,41-40?. The minimum atomic E-state index is -3.89. The summed E-state index contributed by atoms with van der Waals surface area (Å²) in [6, 6.07) is 30.4. The summed E-state index contributed by atoms with van der Waals surface area (Å²) >= 11 is 0. The Kier molecular flexibility index (Phi) is 10.2. The Morgan fingerprint density at radius 3 is 1.96 bits per heavy atom. The molecule has 0 bridgehead atoms. The Morgan fingerprint density at radius 2 is 1.35 bits per heavy atom. The van der Waals surface area contributed by atoms with Gasteiger partial charge in [-0.2, -0.15) is 10.2 Å². The van der Waals surface area contributed by atoms with E-state index in [9.17, 15) is 18.6 Å². The average molecular weight is 701 g/mol. The van der Waals surface area contributed by atoms with Crippen molar-refractivity contribution in [3.8, 4) is 28.7 Å². The molecule has 2 aromatic heterocycles. The lowest BCUT2D eigenvalue weighted by molar-refractivity contribution is 0.373. The molecule has 3 N–H and O–H groups in total. The number of para-hydroxylation sites is 1. The molecular weight excluding hydrogens is 669 g/mol. The van der Waals surface area contributed by atoms with E-state index in [1.165, 1.54) is 38.6 Å². The van der Waals surface area contributed by atoms with Crippen molar-refractivity contribution in [2.75, 3.05) is 18.9 Å². The van der Waals surface area contributed by atoms with Gasteiger partial charge in [-0.1, -0.05) is 48.6 Å². The second-order valence-corrected chi connectivity index (χ2v) is 12.6. The fourth-order valence-corrected chi connectivity index (χ4v) is 5.94. The Morgan fingerprint density at radius 1 is 0.725 bits per heavy atom. The summed E-state index contributed by atoms with van der Waals surface area (Å²) in [6.07, 6.45) is 8.76. The van der Waals surface area contributed by atoms with Gasteiger partial charge in [0.2, 0.25) is 0 Å². The molecule has 0 aliphatic heterocycles. The van der Waals surface area contributed by atoms with Crippen LogP contribution in [0.15, 0.2) is 131 Å². The normalized spacial score (nSPS) is 11.8. The van der Waals surface area contributed by atoms with Crippen LogP contribution >= 0.6 is 0 Å². The number of benzene rings is 4. The van der Waals surface area contributed by atoms with Crippen LogP contribution in [0.1, 0.15) is 22.5 Å². The summed E-state index contributed by atoms with van der Waals surface area (Å²) < 4.78 is 40.6. The van der Waals surface area contributed by atoms with Crippen LogP contribution in [0.25, 0.3) is 30.0 Å². The van der Waals surface area contributed by atoms with E-state index >= 15 is 0 Å². The Balaban J connectivity index is 1.42. The number of hydrogen-bond donors (Lipinski definition) is 3. The first-order valence-corrected chi connectivity index (χ1v) is 17.0. The first-order valence-electron chi connectivity index (χ1n) is 15.5. The molecule has 0 amide bonds. The van der Waals surface area contributed by atoms with Gasteiger partial charge in [-0.15, -0.1) is 5.11 Å². The smallest absolute Gasteiger partial charge is 0.263 e. The number of pyridine rings is 1. The van der Waals surface area contributed by atoms with Crippen LogP contribution in [0.5, 0.6) is 23.0 Å². The zero-order valence-electron chi connectivity index (χ0n) is 27.5. The largest absolute Gasteiger partial charge is 0.504 e. The molecule has 0 fully saturated rings. The molecule has 0 saturated carbocycles. The van der Waals surface area contributed by atoms with Crippen molar-refractivity contribution >= 4 is 51.5 Å². The quantitative estimate of drug-likeness (QED) is 0.108. The summed E-state index contributed by atoms with van der Waals surface area (Å²) in [5.74, 6) is 0.877. The van der Waals surface area contributed by atoms with Gasteiger partial charge in [0.25, 0.3) is 10.0 Å². The lowest BCUT2D eigenvalue weighted by Gasteiger charge is -2.07. The number of phenolic OH excluding ortho intramolecular Hbond substituents is 2. The molecule has 13 heteroatoms. The Bertz CT molecular complexity index is 2340. The number of ether oxygens (including phenoxy) is 2. The van der Waals surface area contributed by atoms with Crippen molar-refractivity contribution < 1.29 is 28.1 Å². The topological polar surface area (TPSA) is 161 Å². The van der Waals surface area contributed by atoms with Crippen LogP contribution in [0.3, 0.4) is 0 Å². The zero-order chi connectivity index (χ0) is 35.8. The molecule has 0 atom stereocenters. The van der Waals surface area contributed by atoms with Gasteiger partial charge in [-0.05, 0) is 96.1 Å². The molecule has 256 valence electrons. The number of aromatic hydroxyl groups is 2. The predicted octanol–water partition coefficient (Wildman–Crippen LogP) is 8.25. The maximum Gasteiger partial charge on any atom is 0.263 e. The van der Waals surface area contributed by atoms with Crippen molar-refractivity contribution in [2.24, 2.45) is 10.2 Å². The molecule has 0 saturated heterocycles. The van der Waals surface area contributed by atoms with Gasteiger partial charge < -0.3 is 19.7 Å². The van der Waals surface area contributed by atoms with Crippen LogP contribution in [0.4, 0.5) is 17.2 Å². The third-order valence-corrected chi connectivity index (χ3v) is 8.88. The van der Waals surface area contributed by atoms with E-state index in [-0.39, 0.29) is 22.2 Å². The van der Waals surface area contributed by atoms with Crippen LogP contribution in [-0.2, 0) is 10.0 Å². The summed E-state index contributed by atoms with van der Waals surface area (Å²) in [5, 5.41) is 34.2. The third kappa shape index (κ3) is 8.12. The number of methoxy groups -OCH3 is 2. The highest BCUT2D eigenvalue weighted by molar-refractivity contribution is 7.92. The number of phenols is 2. The molecule has 6 aromatic rings. The van der Waals surface area contributed by atoms with E-state index in [2.05, 4.69) is 19.9 Å². The zero-order valence-corrected chi connectivity index (χ0v) is 28.3. The van der Waals surface area contributed by atoms with Gasteiger partial charge in [0.05, 0.1) is 36.2 Å². The second-order valence-electron chi connectivity index (χ2n) is 10.9. The van der Waals surface area contributed by atoms with Crippen molar-refractivity contribution in [2.45, 2.75) is 4.90 Å². The van der Waals surface area contributed by atoms with E-state index in [1.54, 1.807) is 71.4 Å². The molecule has 0 radical (unpaired) electrons. The number of azo groups is 1.